The van der Waals surface area contributed by atoms with E-state index in [1.807, 2.05) is 5.32 Å². The molecule has 0 saturated heterocycles. The number of aliphatic carboxylic acids is 1. The average molecular weight is 408 g/mol. The molecule has 0 aromatic rings. The van der Waals surface area contributed by atoms with Gasteiger partial charge in [0.2, 0.25) is 17.7 Å². The SMILES string of the molecule is CC(C)C(NC(=O)C(N)CS)C(=O)NC(CO)C(=O)NC(C(=O)O)C(C)O. The molecule has 0 radical (unpaired) electrons. The van der Waals surface area contributed by atoms with E-state index in [1.165, 1.54) is 6.92 Å². The number of aliphatic hydroxyl groups excluding tert-OH is 2. The normalized spacial score (nSPS) is 16.6. The van der Waals surface area contributed by atoms with Crippen LogP contribution in [0.2, 0.25) is 0 Å². The van der Waals surface area contributed by atoms with Crippen molar-refractivity contribution in [3.05, 3.63) is 0 Å². The molecule has 0 aliphatic heterocycles. The summed E-state index contributed by atoms with van der Waals surface area (Å²) in [5.41, 5.74) is 5.55. The summed E-state index contributed by atoms with van der Waals surface area (Å²) in [5, 5.41) is 34.4. The van der Waals surface area contributed by atoms with Gasteiger partial charge in [-0.05, 0) is 12.8 Å². The summed E-state index contributed by atoms with van der Waals surface area (Å²) < 4.78 is 0. The molecule has 12 heteroatoms. The monoisotopic (exact) mass is 408 g/mol. The number of carbonyl (C=O) groups is 4. The van der Waals surface area contributed by atoms with Gasteiger partial charge in [0.1, 0.15) is 12.1 Å². The first-order valence-electron chi connectivity index (χ1n) is 8.25. The zero-order chi connectivity index (χ0) is 21.3. The molecule has 0 aliphatic carbocycles. The number of amides is 3. The van der Waals surface area contributed by atoms with E-state index in [9.17, 15) is 29.4 Å². The van der Waals surface area contributed by atoms with Gasteiger partial charge in [-0.15, -0.1) is 0 Å². The summed E-state index contributed by atoms with van der Waals surface area (Å²) in [6.45, 7) is 3.65. The fourth-order valence-electron chi connectivity index (χ4n) is 1.98. The largest absolute Gasteiger partial charge is 0.480 e. The highest BCUT2D eigenvalue weighted by Gasteiger charge is 2.32. The molecular weight excluding hydrogens is 380 g/mol. The van der Waals surface area contributed by atoms with E-state index in [4.69, 9.17) is 10.8 Å². The Labute approximate surface area is 162 Å². The van der Waals surface area contributed by atoms with Gasteiger partial charge in [0, 0.05) is 5.75 Å². The Bertz CT molecular complexity index is 544. The van der Waals surface area contributed by atoms with E-state index in [-0.39, 0.29) is 11.7 Å². The van der Waals surface area contributed by atoms with Gasteiger partial charge in [-0.3, -0.25) is 14.4 Å². The molecule has 27 heavy (non-hydrogen) atoms. The van der Waals surface area contributed by atoms with Crippen molar-refractivity contribution in [2.45, 2.75) is 51.0 Å². The van der Waals surface area contributed by atoms with Crippen LogP contribution in [0.4, 0.5) is 0 Å². The van der Waals surface area contributed by atoms with Gasteiger partial charge in [-0.2, -0.15) is 12.6 Å². The average Bonchev–Trinajstić information content (AvgIpc) is 2.59. The van der Waals surface area contributed by atoms with Crippen molar-refractivity contribution >= 4 is 36.3 Å². The molecule has 8 N–H and O–H groups in total. The van der Waals surface area contributed by atoms with Crippen LogP contribution in [0.3, 0.4) is 0 Å². The van der Waals surface area contributed by atoms with Gasteiger partial charge < -0.3 is 37.0 Å². The van der Waals surface area contributed by atoms with Crippen molar-refractivity contribution < 1.29 is 34.5 Å². The minimum atomic E-state index is -1.61. The molecule has 0 aromatic heterocycles. The minimum absolute atomic E-state index is 0.0653. The van der Waals surface area contributed by atoms with Crippen LogP contribution in [-0.4, -0.2) is 81.6 Å². The van der Waals surface area contributed by atoms with E-state index in [0.29, 0.717) is 0 Å². The first kappa shape index (κ1) is 25.1. The molecule has 5 atom stereocenters. The molecule has 3 amide bonds. The number of hydrogen-bond acceptors (Lipinski definition) is 8. The Morgan fingerprint density at radius 2 is 1.48 bits per heavy atom. The van der Waals surface area contributed by atoms with Crippen LogP contribution in [0.15, 0.2) is 0 Å². The third-order valence-corrected chi connectivity index (χ3v) is 4.04. The topological polar surface area (TPSA) is 191 Å². The summed E-state index contributed by atoms with van der Waals surface area (Å²) in [6.07, 6.45) is -1.40. The second-order valence-electron chi connectivity index (χ2n) is 6.33. The summed E-state index contributed by atoms with van der Waals surface area (Å²) in [7, 11) is 0. The highest BCUT2D eigenvalue weighted by atomic mass is 32.1. The Morgan fingerprint density at radius 3 is 1.85 bits per heavy atom. The third kappa shape index (κ3) is 8.12. The van der Waals surface area contributed by atoms with Crippen molar-refractivity contribution in [2.75, 3.05) is 12.4 Å². The smallest absolute Gasteiger partial charge is 0.328 e. The fourth-order valence-corrected chi connectivity index (χ4v) is 2.14. The Balaban J connectivity index is 5.13. The van der Waals surface area contributed by atoms with Crippen molar-refractivity contribution in [2.24, 2.45) is 11.7 Å². The Hall–Kier alpha value is -1.89. The number of thiol groups is 1. The molecule has 11 nitrogen and oxygen atoms in total. The second kappa shape index (κ2) is 11.7. The molecule has 156 valence electrons. The predicted molar refractivity (Wildman–Crippen MR) is 98.9 cm³/mol. The van der Waals surface area contributed by atoms with E-state index < -0.39 is 60.6 Å². The zero-order valence-corrected chi connectivity index (χ0v) is 16.3. The lowest BCUT2D eigenvalue weighted by atomic mass is 10.0. The lowest BCUT2D eigenvalue weighted by Crippen LogP contribution is -2.60. The van der Waals surface area contributed by atoms with Crippen molar-refractivity contribution in [1.29, 1.82) is 0 Å². The molecule has 0 aromatic carbocycles. The number of carboxylic acids is 1. The summed E-state index contributed by atoms with van der Waals surface area (Å²) >= 11 is 3.90. The first-order chi connectivity index (χ1) is 12.5. The molecule has 0 fully saturated rings. The molecule has 5 unspecified atom stereocenters. The van der Waals surface area contributed by atoms with Gasteiger partial charge in [0.15, 0.2) is 6.04 Å². The van der Waals surface area contributed by atoms with Gasteiger partial charge in [-0.25, -0.2) is 4.79 Å². The van der Waals surface area contributed by atoms with Crippen LogP contribution in [0.5, 0.6) is 0 Å². The van der Waals surface area contributed by atoms with E-state index in [2.05, 4.69) is 23.3 Å². The number of aliphatic hydroxyl groups is 2. The Kier molecular flexibility index (Phi) is 10.9. The number of nitrogens with two attached hydrogens (primary N) is 1. The van der Waals surface area contributed by atoms with Crippen LogP contribution in [0.1, 0.15) is 20.8 Å². The van der Waals surface area contributed by atoms with Gasteiger partial charge in [0.25, 0.3) is 0 Å². The summed E-state index contributed by atoms with van der Waals surface area (Å²) in [5.74, 6) is -4.15. The molecular formula is C15H28N4O7S. The number of hydrogen-bond donors (Lipinski definition) is 8. The maximum absolute atomic E-state index is 12.4. The minimum Gasteiger partial charge on any atom is -0.480 e. The maximum atomic E-state index is 12.4. The molecule has 0 bridgehead atoms. The molecule has 0 saturated carbocycles. The van der Waals surface area contributed by atoms with E-state index in [0.717, 1.165) is 0 Å². The van der Waals surface area contributed by atoms with Crippen molar-refractivity contribution in [3.63, 3.8) is 0 Å². The van der Waals surface area contributed by atoms with Crippen LogP contribution in [-0.2, 0) is 19.2 Å². The summed E-state index contributed by atoms with van der Waals surface area (Å²) in [6, 6.07) is -5.06. The zero-order valence-electron chi connectivity index (χ0n) is 15.4. The van der Waals surface area contributed by atoms with Crippen LogP contribution in [0.25, 0.3) is 0 Å². The van der Waals surface area contributed by atoms with E-state index in [1.54, 1.807) is 13.8 Å². The van der Waals surface area contributed by atoms with Crippen molar-refractivity contribution in [3.8, 4) is 0 Å². The second-order valence-corrected chi connectivity index (χ2v) is 6.69. The quantitative estimate of drug-likeness (QED) is 0.164. The van der Waals surface area contributed by atoms with Gasteiger partial charge in [-0.1, -0.05) is 13.8 Å². The fraction of sp³-hybridized carbons (Fsp3) is 0.733. The maximum Gasteiger partial charge on any atom is 0.328 e. The first-order valence-corrected chi connectivity index (χ1v) is 8.88. The van der Waals surface area contributed by atoms with Crippen LogP contribution < -0.4 is 21.7 Å². The summed E-state index contributed by atoms with van der Waals surface area (Å²) in [4.78, 5) is 47.5. The number of nitrogens with one attached hydrogen (secondary N) is 3. The standard InChI is InChI=1S/C15H28N4O7S/c1-6(2)10(18-12(22)8(16)5-27)14(24)17-9(4-20)13(23)19-11(7(3)21)15(25)26/h6-11,20-21,27H,4-5,16H2,1-3H3,(H,17,24)(H,18,22)(H,19,23)(H,25,26). The highest BCUT2D eigenvalue weighted by molar-refractivity contribution is 7.80. The highest BCUT2D eigenvalue weighted by Crippen LogP contribution is 2.04. The van der Waals surface area contributed by atoms with Gasteiger partial charge >= 0.3 is 5.97 Å². The van der Waals surface area contributed by atoms with Crippen LogP contribution in [0, 0.1) is 5.92 Å². The van der Waals surface area contributed by atoms with Crippen LogP contribution >= 0.6 is 12.6 Å². The lowest BCUT2D eigenvalue weighted by Gasteiger charge is -2.26. The number of carboxylic acid groups (broad SMARTS) is 1. The number of carbonyl (C=O) groups excluding carboxylic acids is 3. The molecule has 0 spiro atoms. The molecule has 0 rings (SSSR count). The molecule has 0 heterocycles. The molecule has 0 aliphatic rings. The Morgan fingerprint density at radius 1 is 0.963 bits per heavy atom. The van der Waals surface area contributed by atoms with Crippen molar-refractivity contribution in [1.82, 2.24) is 16.0 Å². The predicted octanol–water partition coefficient (Wildman–Crippen LogP) is -3.19. The number of rotatable bonds is 11. The lowest BCUT2D eigenvalue weighted by molar-refractivity contribution is -0.145. The third-order valence-electron chi connectivity index (χ3n) is 3.64. The van der Waals surface area contributed by atoms with Gasteiger partial charge in [0.05, 0.1) is 18.8 Å². The van der Waals surface area contributed by atoms with E-state index >= 15 is 0 Å².